The topological polar surface area (TPSA) is 0 Å². The number of allylic oxidation sites excluding steroid dienone is 4. The molecule has 0 heterocycles. The predicted octanol–water partition coefficient (Wildman–Crippen LogP) is 3.51. The van der Waals surface area contributed by atoms with Crippen molar-refractivity contribution in [2.24, 2.45) is 0 Å². The van der Waals surface area contributed by atoms with E-state index in [1.165, 1.54) is 19.3 Å². The summed E-state index contributed by atoms with van der Waals surface area (Å²) >= 11 is 0. The molecule has 0 rings (SSSR count). The third-order valence-corrected chi connectivity index (χ3v) is 1.33. The van der Waals surface area contributed by atoms with Crippen molar-refractivity contribution < 1.29 is 26.2 Å². The first-order valence-corrected chi connectivity index (χ1v) is 4.01. The Labute approximate surface area is 89.9 Å². The summed E-state index contributed by atoms with van der Waals surface area (Å²) in [6.07, 6.45) is 13.2. The first-order valence-electron chi connectivity index (χ1n) is 4.01. The van der Waals surface area contributed by atoms with Crippen molar-refractivity contribution in [3.63, 3.8) is 0 Å². The summed E-state index contributed by atoms with van der Waals surface area (Å²) in [5.74, 6) is 0. The van der Waals surface area contributed by atoms with Gasteiger partial charge in [0.1, 0.15) is 0 Å². The molecule has 0 aromatic rings. The van der Waals surface area contributed by atoms with Crippen molar-refractivity contribution >= 4 is 0 Å². The van der Waals surface area contributed by atoms with E-state index in [0.717, 1.165) is 6.42 Å². The maximum Gasteiger partial charge on any atom is 0 e. The molecular weight excluding hydrogens is 211 g/mol. The van der Waals surface area contributed by atoms with Crippen LogP contribution in [0.2, 0.25) is 0 Å². The zero-order valence-electron chi connectivity index (χ0n) is 7.34. The van der Waals surface area contributed by atoms with Crippen LogP contribution in [0.5, 0.6) is 0 Å². The van der Waals surface area contributed by atoms with E-state index >= 15 is 0 Å². The molecule has 0 fully saturated rings. The van der Waals surface area contributed by atoms with Gasteiger partial charge in [0.05, 0.1) is 0 Å². The SMILES string of the molecule is [CH2-]/C=C/C/C=C/CCCC.[Zr]. The number of hydrogen-bond donors (Lipinski definition) is 0. The van der Waals surface area contributed by atoms with Crippen LogP contribution in [0.15, 0.2) is 24.3 Å². The molecular formula is C10H17Zr-. The molecule has 0 aliphatic rings. The van der Waals surface area contributed by atoms with Gasteiger partial charge < -0.3 is 0 Å². The monoisotopic (exact) mass is 227 g/mol. The van der Waals surface area contributed by atoms with Gasteiger partial charge >= 0.3 is 0 Å². The van der Waals surface area contributed by atoms with Crippen LogP contribution in [0.3, 0.4) is 0 Å². The molecule has 1 heteroatoms. The normalized spacial score (nSPS) is 10.6. The van der Waals surface area contributed by atoms with Gasteiger partial charge in [-0.05, 0) is 6.42 Å². The number of hydrogen-bond acceptors (Lipinski definition) is 0. The molecule has 0 saturated heterocycles. The fourth-order valence-electron chi connectivity index (χ4n) is 0.711. The Morgan fingerprint density at radius 2 is 1.91 bits per heavy atom. The molecule has 0 saturated carbocycles. The molecule has 0 aromatic heterocycles. The van der Waals surface area contributed by atoms with E-state index in [1.807, 2.05) is 6.08 Å². The molecule has 0 aliphatic carbocycles. The van der Waals surface area contributed by atoms with E-state index in [9.17, 15) is 0 Å². The Morgan fingerprint density at radius 1 is 1.18 bits per heavy atom. The van der Waals surface area contributed by atoms with E-state index in [-0.39, 0.29) is 26.2 Å². The van der Waals surface area contributed by atoms with Gasteiger partial charge in [-0.3, -0.25) is 0 Å². The quantitative estimate of drug-likeness (QED) is 0.384. The average molecular weight is 228 g/mol. The first kappa shape index (κ1) is 13.8. The molecule has 0 unspecified atom stereocenters. The zero-order valence-corrected chi connectivity index (χ0v) is 9.80. The minimum Gasteiger partial charge on any atom is -0.245 e. The summed E-state index contributed by atoms with van der Waals surface area (Å²) in [4.78, 5) is 0. The second-order valence-corrected chi connectivity index (χ2v) is 2.32. The van der Waals surface area contributed by atoms with E-state index < -0.39 is 0 Å². The molecule has 62 valence electrons. The van der Waals surface area contributed by atoms with Gasteiger partial charge in [0.25, 0.3) is 0 Å². The maximum absolute atomic E-state index is 3.61. The fraction of sp³-hybridized carbons (Fsp3) is 0.500. The molecule has 0 bridgehead atoms. The summed E-state index contributed by atoms with van der Waals surface area (Å²) in [5.41, 5.74) is 0. The van der Waals surface area contributed by atoms with Gasteiger partial charge in [-0.25, -0.2) is 19.1 Å². The number of rotatable bonds is 5. The standard InChI is InChI=1S/C10H17.Zr/c1-3-5-7-9-10-8-6-4-2;/h3,5,9-10H,1,4,6-8H2,2H3;/q-1;/b5-3+,10-9+;. The Morgan fingerprint density at radius 3 is 2.45 bits per heavy atom. The van der Waals surface area contributed by atoms with E-state index in [4.69, 9.17) is 0 Å². The van der Waals surface area contributed by atoms with Crippen LogP contribution >= 0.6 is 0 Å². The smallest absolute Gasteiger partial charge is 0 e. The molecule has 0 nitrogen and oxygen atoms in total. The molecule has 0 aromatic carbocycles. The third kappa shape index (κ3) is 13.3. The maximum atomic E-state index is 3.61. The summed E-state index contributed by atoms with van der Waals surface area (Å²) in [6, 6.07) is 0. The number of unbranched alkanes of at least 4 members (excludes halogenated alkanes) is 2. The van der Waals surface area contributed by atoms with Crippen molar-refractivity contribution in [3.05, 3.63) is 31.2 Å². The largest absolute Gasteiger partial charge is 0.245 e. The van der Waals surface area contributed by atoms with Gasteiger partial charge in [0, 0.05) is 26.2 Å². The van der Waals surface area contributed by atoms with Gasteiger partial charge in [-0.2, -0.15) is 0 Å². The molecule has 0 radical (unpaired) electrons. The summed E-state index contributed by atoms with van der Waals surface area (Å²) in [6.45, 7) is 5.82. The summed E-state index contributed by atoms with van der Waals surface area (Å²) in [7, 11) is 0. The van der Waals surface area contributed by atoms with E-state index in [1.54, 1.807) is 0 Å². The minimum absolute atomic E-state index is 0. The van der Waals surface area contributed by atoms with Crippen molar-refractivity contribution in [2.45, 2.75) is 32.6 Å². The second-order valence-electron chi connectivity index (χ2n) is 2.32. The minimum atomic E-state index is 0. The van der Waals surface area contributed by atoms with Gasteiger partial charge in [-0.15, -0.1) is 6.08 Å². The molecule has 0 atom stereocenters. The van der Waals surface area contributed by atoms with Crippen molar-refractivity contribution in [1.82, 2.24) is 0 Å². The van der Waals surface area contributed by atoms with Crippen LogP contribution in [-0.2, 0) is 26.2 Å². The van der Waals surface area contributed by atoms with Crippen LogP contribution in [0.25, 0.3) is 0 Å². The molecule has 0 N–H and O–H groups in total. The van der Waals surface area contributed by atoms with Crippen LogP contribution in [0.4, 0.5) is 0 Å². The Balaban J connectivity index is 0. The van der Waals surface area contributed by atoms with Crippen LogP contribution in [0, 0.1) is 6.92 Å². The predicted molar refractivity (Wildman–Crippen MR) is 47.8 cm³/mol. The zero-order chi connectivity index (χ0) is 7.66. The van der Waals surface area contributed by atoms with E-state index in [2.05, 4.69) is 32.1 Å². The average Bonchev–Trinajstić information content (AvgIpc) is 1.97. The molecule has 0 amide bonds. The Kier molecular flexibility index (Phi) is 16.1. The van der Waals surface area contributed by atoms with Gasteiger partial charge in [-0.1, -0.05) is 32.3 Å². The Bertz CT molecular complexity index is 103. The van der Waals surface area contributed by atoms with E-state index in [0.29, 0.717) is 0 Å². The fourth-order valence-corrected chi connectivity index (χ4v) is 0.711. The van der Waals surface area contributed by atoms with Crippen LogP contribution in [0.1, 0.15) is 32.6 Å². The van der Waals surface area contributed by atoms with Crippen molar-refractivity contribution in [3.8, 4) is 0 Å². The third-order valence-electron chi connectivity index (χ3n) is 1.33. The van der Waals surface area contributed by atoms with Crippen LogP contribution < -0.4 is 0 Å². The van der Waals surface area contributed by atoms with Gasteiger partial charge in [0.15, 0.2) is 0 Å². The summed E-state index contributed by atoms with van der Waals surface area (Å²) < 4.78 is 0. The van der Waals surface area contributed by atoms with Gasteiger partial charge in [0.2, 0.25) is 0 Å². The molecule has 0 aliphatic heterocycles. The van der Waals surface area contributed by atoms with Crippen LogP contribution in [-0.4, -0.2) is 0 Å². The molecule has 0 spiro atoms. The van der Waals surface area contributed by atoms with Crippen molar-refractivity contribution in [1.29, 1.82) is 0 Å². The molecule has 11 heavy (non-hydrogen) atoms. The van der Waals surface area contributed by atoms with Crippen molar-refractivity contribution in [2.75, 3.05) is 0 Å². The summed E-state index contributed by atoms with van der Waals surface area (Å²) in [5, 5.41) is 0. The second kappa shape index (κ2) is 12.9. The first-order chi connectivity index (χ1) is 4.91. The Hall–Kier alpha value is 0.233.